The Hall–Kier alpha value is -1.77. The van der Waals surface area contributed by atoms with E-state index in [0.29, 0.717) is 18.9 Å². The molecule has 102 valence electrons. The molecule has 2 heterocycles. The first-order valence-electron chi connectivity index (χ1n) is 5.69. The molecule has 0 radical (unpaired) electrons. The van der Waals surface area contributed by atoms with Crippen LogP contribution >= 0.6 is 15.9 Å². The van der Waals surface area contributed by atoms with E-state index in [4.69, 9.17) is 0 Å². The lowest BCUT2D eigenvalue weighted by atomic mass is 10.4. The van der Waals surface area contributed by atoms with E-state index >= 15 is 0 Å². The number of hydrogen-bond acceptors (Lipinski definition) is 5. The van der Waals surface area contributed by atoms with E-state index in [-0.39, 0.29) is 10.6 Å². The molecular weight excluding hydrogens is 316 g/mol. The summed E-state index contributed by atoms with van der Waals surface area (Å²) in [6.45, 7) is 4.63. The molecule has 0 saturated carbocycles. The number of imidazole rings is 1. The number of halogens is 1. The zero-order valence-electron chi connectivity index (χ0n) is 10.5. The van der Waals surface area contributed by atoms with Gasteiger partial charge in [0.05, 0.1) is 17.1 Å². The van der Waals surface area contributed by atoms with Crippen molar-refractivity contribution < 1.29 is 4.92 Å². The van der Waals surface area contributed by atoms with Gasteiger partial charge >= 0.3 is 5.82 Å². The van der Waals surface area contributed by atoms with Gasteiger partial charge in [0.2, 0.25) is 0 Å². The third kappa shape index (κ3) is 2.98. The molecule has 0 amide bonds. The summed E-state index contributed by atoms with van der Waals surface area (Å²) in [5.41, 5.74) is 0.830. The van der Waals surface area contributed by atoms with E-state index in [9.17, 15) is 10.1 Å². The van der Waals surface area contributed by atoms with Crippen molar-refractivity contribution >= 4 is 21.7 Å². The van der Waals surface area contributed by atoms with Crippen LogP contribution in [0.2, 0.25) is 0 Å². The molecule has 2 rings (SSSR count). The second kappa shape index (κ2) is 5.47. The molecule has 0 saturated heterocycles. The SMILES string of the molecule is Cc1ncc([N+](=O)[O-])n1CCn1cc(C(C)Br)nn1. The maximum atomic E-state index is 10.8. The summed E-state index contributed by atoms with van der Waals surface area (Å²) in [5, 5.41) is 18.8. The Labute approximate surface area is 117 Å². The molecule has 0 aromatic carbocycles. The Bertz CT molecular complexity index is 591. The predicted octanol–water partition coefficient (Wildman–Crippen LogP) is 1.85. The second-order valence-corrected chi connectivity index (χ2v) is 5.47. The van der Waals surface area contributed by atoms with Crippen molar-refractivity contribution in [3.05, 3.63) is 34.0 Å². The summed E-state index contributed by atoms with van der Waals surface area (Å²) in [4.78, 5) is 14.5. The van der Waals surface area contributed by atoms with Gasteiger partial charge in [-0.15, -0.1) is 5.10 Å². The smallest absolute Gasteiger partial charge is 0.342 e. The number of aryl methyl sites for hydroxylation is 2. The first kappa shape index (κ1) is 13.7. The van der Waals surface area contributed by atoms with Gasteiger partial charge in [-0.2, -0.15) is 0 Å². The molecule has 0 N–H and O–H groups in total. The minimum Gasteiger partial charge on any atom is -0.358 e. The van der Waals surface area contributed by atoms with E-state index < -0.39 is 4.92 Å². The first-order valence-corrected chi connectivity index (χ1v) is 6.61. The molecular formula is C10H13BrN6O2. The second-order valence-electron chi connectivity index (χ2n) is 4.09. The summed E-state index contributed by atoms with van der Waals surface area (Å²) < 4.78 is 3.22. The standard InChI is InChI=1S/C10H13BrN6O2/c1-7(11)9-6-15(14-13-9)3-4-16-8(2)12-5-10(16)17(18)19/h5-7H,3-4H2,1-2H3. The molecule has 1 unspecified atom stereocenters. The lowest BCUT2D eigenvalue weighted by molar-refractivity contribution is -0.392. The van der Waals surface area contributed by atoms with Gasteiger partial charge in [0.15, 0.2) is 5.82 Å². The molecule has 9 heteroatoms. The van der Waals surface area contributed by atoms with Crippen LogP contribution in [-0.2, 0) is 13.1 Å². The van der Waals surface area contributed by atoms with Crippen LogP contribution in [0.15, 0.2) is 12.4 Å². The fourth-order valence-corrected chi connectivity index (χ4v) is 1.90. The van der Waals surface area contributed by atoms with E-state index in [0.717, 1.165) is 5.69 Å². The zero-order chi connectivity index (χ0) is 14.0. The first-order chi connectivity index (χ1) is 8.99. The molecule has 0 aliphatic heterocycles. The van der Waals surface area contributed by atoms with Gasteiger partial charge in [-0.1, -0.05) is 21.1 Å². The maximum absolute atomic E-state index is 10.8. The van der Waals surface area contributed by atoms with E-state index in [1.165, 1.54) is 6.20 Å². The fourth-order valence-electron chi connectivity index (χ4n) is 1.69. The van der Waals surface area contributed by atoms with Gasteiger partial charge in [0, 0.05) is 13.1 Å². The summed E-state index contributed by atoms with van der Waals surface area (Å²) in [6, 6.07) is 0. The van der Waals surface area contributed by atoms with Crippen LogP contribution in [0.3, 0.4) is 0 Å². The van der Waals surface area contributed by atoms with Crippen LogP contribution in [0.4, 0.5) is 5.82 Å². The van der Waals surface area contributed by atoms with Crippen molar-refractivity contribution in [3.63, 3.8) is 0 Å². The van der Waals surface area contributed by atoms with Gasteiger partial charge in [0.25, 0.3) is 0 Å². The highest BCUT2D eigenvalue weighted by atomic mass is 79.9. The molecule has 2 aromatic rings. The average molecular weight is 329 g/mol. The van der Waals surface area contributed by atoms with E-state index in [1.807, 2.05) is 13.1 Å². The van der Waals surface area contributed by atoms with Crippen molar-refractivity contribution in [2.75, 3.05) is 0 Å². The lowest BCUT2D eigenvalue weighted by Crippen LogP contribution is -2.11. The average Bonchev–Trinajstić information content (AvgIpc) is 2.93. The van der Waals surface area contributed by atoms with Gasteiger partial charge in [-0.25, -0.2) is 14.2 Å². The van der Waals surface area contributed by atoms with Crippen LogP contribution in [0.5, 0.6) is 0 Å². The Kier molecular flexibility index (Phi) is 3.93. The van der Waals surface area contributed by atoms with Crippen LogP contribution in [0.1, 0.15) is 23.3 Å². The topological polar surface area (TPSA) is 91.7 Å². The Morgan fingerprint density at radius 1 is 1.53 bits per heavy atom. The van der Waals surface area contributed by atoms with Crippen molar-refractivity contribution in [1.29, 1.82) is 0 Å². The summed E-state index contributed by atoms with van der Waals surface area (Å²) in [5.74, 6) is 0.604. The Morgan fingerprint density at radius 3 is 2.84 bits per heavy atom. The van der Waals surface area contributed by atoms with Gasteiger partial charge in [0.1, 0.15) is 12.7 Å². The number of rotatable bonds is 5. The molecule has 1 atom stereocenters. The molecule has 19 heavy (non-hydrogen) atoms. The molecule has 0 fully saturated rings. The van der Waals surface area contributed by atoms with Crippen molar-refractivity contribution in [1.82, 2.24) is 24.5 Å². The lowest BCUT2D eigenvalue weighted by Gasteiger charge is -2.02. The van der Waals surface area contributed by atoms with Gasteiger partial charge in [-0.3, -0.25) is 0 Å². The van der Waals surface area contributed by atoms with Crippen molar-refractivity contribution in [2.45, 2.75) is 31.8 Å². The van der Waals surface area contributed by atoms with Crippen LogP contribution < -0.4 is 0 Å². The number of alkyl halides is 1. The van der Waals surface area contributed by atoms with Crippen LogP contribution in [0, 0.1) is 17.0 Å². The number of aromatic nitrogens is 5. The quantitative estimate of drug-likeness (QED) is 0.474. The molecule has 8 nitrogen and oxygen atoms in total. The number of hydrogen-bond donors (Lipinski definition) is 0. The zero-order valence-corrected chi connectivity index (χ0v) is 12.1. The summed E-state index contributed by atoms with van der Waals surface area (Å²) in [7, 11) is 0. The van der Waals surface area contributed by atoms with Crippen LogP contribution in [0.25, 0.3) is 0 Å². The number of nitrogens with zero attached hydrogens (tertiary/aromatic N) is 6. The summed E-state index contributed by atoms with van der Waals surface area (Å²) in [6.07, 6.45) is 3.08. The third-order valence-corrected chi connectivity index (χ3v) is 3.21. The highest BCUT2D eigenvalue weighted by Gasteiger charge is 2.17. The third-order valence-electron chi connectivity index (χ3n) is 2.74. The number of nitro groups is 1. The minimum atomic E-state index is -0.437. The fraction of sp³-hybridized carbons (Fsp3) is 0.500. The van der Waals surface area contributed by atoms with Crippen LogP contribution in [-0.4, -0.2) is 29.5 Å². The molecule has 0 aliphatic carbocycles. The minimum absolute atomic E-state index is 0.00769. The van der Waals surface area contributed by atoms with Gasteiger partial charge < -0.3 is 10.1 Å². The monoisotopic (exact) mass is 328 g/mol. The van der Waals surface area contributed by atoms with Gasteiger partial charge in [-0.05, 0) is 11.8 Å². The molecule has 0 aliphatic rings. The maximum Gasteiger partial charge on any atom is 0.342 e. The predicted molar refractivity (Wildman–Crippen MR) is 71.0 cm³/mol. The van der Waals surface area contributed by atoms with E-state index in [1.54, 1.807) is 16.2 Å². The molecule has 0 spiro atoms. The highest BCUT2D eigenvalue weighted by Crippen LogP contribution is 2.18. The highest BCUT2D eigenvalue weighted by molar-refractivity contribution is 9.09. The van der Waals surface area contributed by atoms with Crippen molar-refractivity contribution in [3.8, 4) is 0 Å². The molecule has 0 bridgehead atoms. The normalized spacial score (nSPS) is 12.6. The Morgan fingerprint density at radius 2 is 2.26 bits per heavy atom. The van der Waals surface area contributed by atoms with E-state index in [2.05, 4.69) is 31.2 Å². The molecule has 2 aromatic heterocycles. The van der Waals surface area contributed by atoms with Crippen molar-refractivity contribution in [2.24, 2.45) is 0 Å². The Balaban J connectivity index is 2.09. The largest absolute Gasteiger partial charge is 0.358 e. The summed E-state index contributed by atoms with van der Waals surface area (Å²) >= 11 is 3.41.